The van der Waals surface area contributed by atoms with Gasteiger partial charge in [-0.15, -0.1) is 0 Å². The van der Waals surface area contributed by atoms with Crippen molar-refractivity contribution in [3.8, 4) is 11.3 Å². The third-order valence-corrected chi connectivity index (χ3v) is 5.67. The maximum Gasteiger partial charge on any atom is 0.417 e. The van der Waals surface area contributed by atoms with Crippen molar-refractivity contribution >= 4 is 17.9 Å². The third kappa shape index (κ3) is 7.67. The number of benzene rings is 2. The molecule has 0 saturated heterocycles. The third-order valence-electron chi connectivity index (χ3n) is 5.67. The van der Waals surface area contributed by atoms with Gasteiger partial charge in [-0.3, -0.25) is 4.99 Å². The molecule has 1 aliphatic rings. The SMILES string of the molecule is C/C=C1/N=C(N(C)Cc2ccccc2)N=C1C=NC.CCc1cc(-c2ccc(C(F)(F)F)cc2C(F)(F)F)no1. The van der Waals surface area contributed by atoms with Gasteiger partial charge in [0.25, 0.3) is 0 Å². The van der Waals surface area contributed by atoms with E-state index in [1.165, 1.54) is 11.6 Å². The topological polar surface area (TPSA) is 66.3 Å². The van der Waals surface area contributed by atoms with Crippen molar-refractivity contribution in [1.82, 2.24) is 10.1 Å². The molecular weight excluding hydrogens is 536 g/mol. The zero-order valence-electron chi connectivity index (χ0n) is 22.2. The van der Waals surface area contributed by atoms with Gasteiger partial charge in [0, 0.05) is 44.9 Å². The predicted octanol–water partition coefficient (Wildman–Crippen LogP) is 7.48. The van der Waals surface area contributed by atoms with E-state index >= 15 is 0 Å². The molecule has 0 amide bonds. The van der Waals surface area contributed by atoms with Crippen LogP contribution in [-0.2, 0) is 25.3 Å². The molecule has 1 aromatic heterocycles. The molecule has 0 fully saturated rings. The monoisotopic (exact) mass is 563 g/mol. The highest BCUT2D eigenvalue weighted by Crippen LogP contribution is 2.40. The van der Waals surface area contributed by atoms with Gasteiger partial charge in [0.15, 0.2) is 0 Å². The van der Waals surface area contributed by atoms with E-state index in [2.05, 4.69) is 32.3 Å². The van der Waals surface area contributed by atoms with Gasteiger partial charge in [-0.25, -0.2) is 9.98 Å². The summed E-state index contributed by atoms with van der Waals surface area (Å²) in [5, 5.41) is 3.47. The quantitative estimate of drug-likeness (QED) is 0.239. The second kappa shape index (κ2) is 12.8. The highest BCUT2D eigenvalue weighted by atomic mass is 19.4. The highest BCUT2D eigenvalue weighted by molar-refractivity contribution is 6.41. The summed E-state index contributed by atoms with van der Waals surface area (Å²) in [6.45, 7) is 4.45. The second-order valence-electron chi connectivity index (χ2n) is 8.60. The first-order valence-corrected chi connectivity index (χ1v) is 12.1. The molecule has 0 bridgehead atoms. The Morgan fingerprint density at radius 3 is 2.20 bits per heavy atom. The van der Waals surface area contributed by atoms with E-state index in [-0.39, 0.29) is 11.8 Å². The van der Waals surface area contributed by atoms with Crippen molar-refractivity contribution in [1.29, 1.82) is 0 Å². The molecule has 2 aromatic carbocycles. The summed E-state index contributed by atoms with van der Waals surface area (Å²) in [6.07, 6.45) is -5.68. The Balaban J connectivity index is 0.000000222. The molecule has 2 heterocycles. The Kier molecular flexibility index (Phi) is 9.67. The van der Waals surface area contributed by atoms with Crippen LogP contribution in [0.5, 0.6) is 0 Å². The van der Waals surface area contributed by atoms with Crippen LogP contribution in [-0.4, -0.2) is 42.0 Å². The van der Waals surface area contributed by atoms with Crippen molar-refractivity contribution < 1.29 is 30.9 Å². The lowest BCUT2D eigenvalue weighted by Crippen LogP contribution is -2.23. The zero-order chi connectivity index (χ0) is 29.5. The summed E-state index contributed by atoms with van der Waals surface area (Å²) in [6, 6.07) is 13.0. The minimum absolute atomic E-state index is 0.0790. The zero-order valence-corrected chi connectivity index (χ0v) is 22.2. The fraction of sp³-hybridized carbons (Fsp3) is 0.286. The van der Waals surface area contributed by atoms with Gasteiger partial charge in [0.1, 0.15) is 17.2 Å². The molecule has 6 nitrogen and oxygen atoms in total. The number of guanidine groups is 1. The lowest BCUT2D eigenvalue weighted by molar-refractivity contribution is -0.142. The van der Waals surface area contributed by atoms with Crippen molar-refractivity contribution in [2.45, 2.75) is 39.2 Å². The number of nitrogens with zero attached hydrogens (tertiary/aromatic N) is 5. The second-order valence-corrected chi connectivity index (χ2v) is 8.60. The molecule has 0 aliphatic carbocycles. The molecular formula is C28H27F6N5O. The van der Waals surface area contributed by atoms with Crippen molar-refractivity contribution in [3.63, 3.8) is 0 Å². The molecule has 0 spiro atoms. The molecule has 1 aliphatic heterocycles. The van der Waals surface area contributed by atoms with E-state index in [1.807, 2.05) is 43.1 Å². The van der Waals surface area contributed by atoms with Crippen LogP contribution >= 0.6 is 0 Å². The van der Waals surface area contributed by atoms with E-state index in [9.17, 15) is 26.3 Å². The molecule has 0 radical (unpaired) electrons. The average Bonchev–Trinajstić information content (AvgIpc) is 3.56. The van der Waals surface area contributed by atoms with Crippen LogP contribution in [0.25, 0.3) is 11.3 Å². The van der Waals surface area contributed by atoms with E-state index in [4.69, 9.17) is 4.52 Å². The average molecular weight is 564 g/mol. The van der Waals surface area contributed by atoms with Gasteiger partial charge in [0.05, 0.1) is 16.8 Å². The number of allylic oxidation sites excluding steroid dienone is 2. The minimum Gasteiger partial charge on any atom is -0.361 e. The summed E-state index contributed by atoms with van der Waals surface area (Å²) in [5.74, 6) is 1.07. The highest BCUT2D eigenvalue weighted by Gasteiger charge is 2.38. The molecule has 0 saturated carbocycles. The minimum atomic E-state index is -4.93. The van der Waals surface area contributed by atoms with Gasteiger partial charge < -0.3 is 9.42 Å². The number of aryl methyl sites for hydroxylation is 1. The van der Waals surface area contributed by atoms with Crippen molar-refractivity contribution in [3.05, 3.63) is 88.8 Å². The maximum atomic E-state index is 13.0. The first-order valence-electron chi connectivity index (χ1n) is 12.1. The lowest BCUT2D eigenvalue weighted by Gasteiger charge is -2.16. The number of hydrogen-bond acceptors (Lipinski definition) is 6. The smallest absolute Gasteiger partial charge is 0.361 e. The van der Waals surface area contributed by atoms with Crippen LogP contribution in [0.15, 0.2) is 85.9 Å². The van der Waals surface area contributed by atoms with Crippen LogP contribution in [0.1, 0.15) is 36.3 Å². The first-order chi connectivity index (χ1) is 18.9. The summed E-state index contributed by atoms with van der Waals surface area (Å²) in [7, 11) is 3.73. The van der Waals surface area contributed by atoms with E-state index in [0.717, 1.165) is 30.0 Å². The molecule has 12 heteroatoms. The number of aliphatic imine (C=N–C) groups is 3. The van der Waals surface area contributed by atoms with Crippen LogP contribution in [0.3, 0.4) is 0 Å². The summed E-state index contributed by atoms with van der Waals surface area (Å²) >= 11 is 0. The van der Waals surface area contributed by atoms with E-state index < -0.39 is 29.0 Å². The molecule has 3 aromatic rings. The van der Waals surface area contributed by atoms with Crippen LogP contribution in [0, 0.1) is 0 Å². The maximum absolute atomic E-state index is 13.0. The summed E-state index contributed by atoms with van der Waals surface area (Å²) < 4.78 is 81.3. The summed E-state index contributed by atoms with van der Waals surface area (Å²) in [4.78, 5) is 15.1. The standard InChI is InChI=1S/C15H18N4.C13H9F6NO/c1-4-13-14(10-16-2)18-15(17-13)19(3)11-12-8-6-5-7-9-12;1-2-8-6-11(20-21-8)9-4-3-7(12(14,15)16)5-10(9)13(17,18)19/h4-10H,11H2,1-3H3;3-6H,2H2,1H3/b13-4+,16-10?;. The van der Waals surface area contributed by atoms with Crippen molar-refractivity contribution in [2.75, 3.05) is 14.1 Å². The number of alkyl halides is 6. The van der Waals surface area contributed by atoms with Crippen LogP contribution in [0.4, 0.5) is 26.3 Å². The predicted molar refractivity (Wildman–Crippen MR) is 142 cm³/mol. The Morgan fingerprint density at radius 2 is 1.65 bits per heavy atom. The molecule has 40 heavy (non-hydrogen) atoms. The fourth-order valence-corrected chi connectivity index (χ4v) is 3.67. The van der Waals surface area contributed by atoms with Gasteiger partial charge in [-0.05, 0) is 24.6 Å². The number of hydrogen-bond donors (Lipinski definition) is 0. The lowest BCUT2D eigenvalue weighted by atomic mass is 10.0. The van der Waals surface area contributed by atoms with Crippen molar-refractivity contribution in [2.24, 2.45) is 15.0 Å². The fourth-order valence-electron chi connectivity index (χ4n) is 3.67. The van der Waals surface area contributed by atoms with Gasteiger partial charge >= 0.3 is 12.4 Å². The molecule has 0 atom stereocenters. The van der Waals surface area contributed by atoms with Crippen LogP contribution in [0.2, 0.25) is 0 Å². The first kappa shape index (κ1) is 30.3. The Morgan fingerprint density at radius 1 is 0.950 bits per heavy atom. The normalized spacial score (nSPS) is 14.7. The van der Waals surface area contributed by atoms with Gasteiger partial charge in [-0.2, -0.15) is 26.3 Å². The number of halogens is 6. The Hall–Kier alpha value is -4.22. The molecule has 4 rings (SSSR count). The van der Waals surface area contributed by atoms with Gasteiger partial charge in [-0.1, -0.05) is 54.6 Å². The number of rotatable bonds is 5. The Bertz CT molecular complexity index is 1420. The largest absolute Gasteiger partial charge is 0.417 e. The Labute approximate surface area is 227 Å². The molecule has 212 valence electrons. The molecule has 0 N–H and O–H groups in total. The van der Waals surface area contributed by atoms with Gasteiger partial charge in [0.2, 0.25) is 5.96 Å². The van der Waals surface area contributed by atoms with E-state index in [0.29, 0.717) is 18.2 Å². The summed E-state index contributed by atoms with van der Waals surface area (Å²) in [5.41, 5.74) is -0.416. The molecule has 0 unspecified atom stereocenters. The van der Waals surface area contributed by atoms with E-state index in [1.54, 1.807) is 20.2 Å². The van der Waals surface area contributed by atoms with Crippen LogP contribution < -0.4 is 0 Å². The number of aromatic nitrogens is 1.